The molecule has 0 unspecified atom stereocenters. The van der Waals surface area contributed by atoms with Gasteiger partial charge in [0, 0.05) is 50.4 Å². The third-order valence-corrected chi connectivity index (χ3v) is 9.53. The number of sulfonamides is 1. The Morgan fingerprint density at radius 2 is 1.91 bits per heavy atom. The number of piperidine rings is 1. The fourth-order valence-corrected chi connectivity index (χ4v) is 6.77. The van der Waals surface area contributed by atoms with Crippen LogP contribution in [0, 0.1) is 5.41 Å². The minimum atomic E-state index is -4.38. The number of likely N-dealkylation sites (tertiary alicyclic amines) is 1. The molecule has 0 radical (unpaired) electrons. The number of fused-ring (bicyclic) bond motifs is 1. The second kappa shape index (κ2) is 7.44. The van der Waals surface area contributed by atoms with Crippen molar-refractivity contribution in [3.8, 4) is 0 Å². The molecule has 1 amide bonds. The number of aromatic amines is 1. The first-order chi connectivity index (χ1) is 15.1. The minimum Gasteiger partial charge on any atom is -0.346 e. The van der Waals surface area contributed by atoms with Crippen LogP contribution in [-0.4, -0.2) is 71.1 Å². The maximum absolute atomic E-state index is 13.1. The Hall–Kier alpha value is -2.14. The predicted octanol–water partition coefficient (Wildman–Crippen LogP) is 3.02. The summed E-state index contributed by atoms with van der Waals surface area (Å²) >= 11 is 0. The topological polar surface area (TPSA) is 86.4 Å². The number of aromatic nitrogens is 2. The van der Waals surface area contributed by atoms with E-state index in [2.05, 4.69) is 9.97 Å². The van der Waals surface area contributed by atoms with Crippen molar-refractivity contribution in [3.63, 3.8) is 0 Å². The molecular formula is C21H25F3N4O3S. The number of carbonyl (C=O) groups excluding carboxylic acids is 1. The number of amides is 1. The second-order valence-electron chi connectivity index (χ2n) is 9.24. The van der Waals surface area contributed by atoms with E-state index in [4.69, 9.17) is 0 Å². The van der Waals surface area contributed by atoms with Gasteiger partial charge in [0.2, 0.25) is 15.9 Å². The molecule has 2 aliphatic heterocycles. The molecule has 0 aromatic carbocycles. The summed E-state index contributed by atoms with van der Waals surface area (Å²) in [6, 6.07) is 3.88. The normalized spacial score (nSPS) is 22.8. The molecule has 3 aliphatic rings. The van der Waals surface area contributed by atoms with Gasteiger partial charge in [-0.3, -0.25) is 4.79 Å². The first-order valence-corrected chi connectivity index (χ1v) is 12.4. The number of pyridine rings is 1. The monoisotopic (exact) mass is 470 g/mol. The van der Waals surface area contributed by atoms with Gasteiger partial charge in [-0.05, 0) is 49.3 Å². The highest BCUT2D eigenvalue weighted by molar-refractivity contribution is 7.89. The van der Waals surface area contributed by atoms with Crippen LogP contribution >= 0.6 is 0 Å². The lowest BCUT2D eigenvalue weighted by Gasteiger charge is -2.42. The molecule has 0 spiro atoms. The molecular weight excluding hydrogens is 445 g/mol. The van der Waals surface area contributed by atoms with Crippen molar-refractivity contribution < 1.29 is 26.4 Å². The summed E-state index contributed by atoms with van der Waals surface area (Å²) in [6.07, 6.45) is 0.0133. The van der Waals surface area contributed by atoms with Crippen molar-refractivity contribution in [2.75, 3.05) is 26.2 Å². The largest absolute Gasteiger partial charge is 0.395 e. The lowest BCUT2D eigenvalue weighted by molar-refractivity contribution is -0.193. The van der Waals surface area contributed by atoms with Gasteiger partial charge >= 0.3 is 6.18 Å². The third-order valence-electron chi connectivity index (χ3n) is 7.30. The molecule has 0 atom stereocenters. The van der Waals surface area contributed by atoms with E-state index in [-0.39, 0.29) is 31.8 Å². The molecule has 2 saturated heterocycles. The van der Waals surface area contributed by atoms with Crippen LogP contribution in [0.2, 0.25) is 0 Å². The molecule has 1 aliphatic carbocycles. The van der Waals surface area contributed by atoms with Crippen LogP contribution in [0.25, 0.3) is 11.0 Å². The number of hydrogen-bond acceptors (Lipinski definition) is 4. The van der Waals surface area contributed by atoms with Gasteiger partial charge in [0.15, 0.2) is 0 Å². The smallest absolute Gasteiger partial charge is 0.346 e. The summed E-state index contributed by atoms with van der Waals surface area (Å²) in [5.74, 6) is -0.367. The van der Waals surface area contributed by atoms with E-state index < -0.39 is 39.2 Å². The molecule has 5 rings (SSSR count). The van der Waals surface area contributed by atoms with Crippen molar-refractivity contribution >= 4 is 27.0 Å². The zero-order chi connectivity index (χ0) is 22.7. The summed E-state index contributed by atoms with van der Waals surface area (Å²) < 4.78 is 66.7. The highest BCUT2D eigenvalue weighted by atomic mass is 32.2. The zero-order valence-corrected chi connectivity index (χ0v) is 18.3. The Morgan fingerprint density at radius 3 is 2.53 bits per heavy atom. The van der Waals surface area contributed by atoms with Crippen molar-refractivity contribution in [2.45, 2.75) is 49.4 Å². The van der Waals surface area contributed by atoms with Crippen LogP contribution in [0.15, 0.2) is 24.5 Å². The number of H-pyrrole nitrogens is 1. The highest BCUT2D eigenvalue weighted by Crippen LogP contribution is 2.60. The highest BCUT2D eigenvalue weighted by Gasteiger charge is 2.64. The van der Waals surface area contributed by atoms with Crippen molar-refractivity contribution in [2.24, 2.45) is 5.41 Å². The number of hydrogen-bond donors (Lipinski definition) is 1. The molecule has 2 aromatic heterocycles. The summed E-state index contributed by atoms with van der Waals surface area (Å²) in [5, 5.41) is 0.315. The van der Waals surface area contributed by atoms with Crippen LogP contribution in [0.3, 0.4) is 0 Å². The number of carbonyl (C=O) groups is 1. The Kier molecular flexibility index (Phi) is 5.05. The fraction of sp³-hybridized carbons (Fsp3) is 0.619. The molecule has 0 bridgehead atoms. The summed E-state index contributed by atoms with van der Waals surface area (Å²) in [7, 11) is -3.59. The van der Waals surface area contributed by atoms with E-state index >= 15 is 0 Å². The first-order valence-electron chi connectivity index (χ1n) is 10.9. The third kappa shape index (κ3) is 3.59. The molecule has 3 fully saturated rings. The van der Waals surface area contributed by atoms with Crippen LogP contribution in [0.4, 0.5) is 13.2 Å². The summed E-state index contributed by atoms with van der Waals surface area (Å²) in [6.45, 7) is 0.732. The van der Waals surface area contributed by atoms with E-state index in [9.17, 15) is 26.4 Å². The van der Waals surface area contributed by atoms with Gasteiger partial charge in [0.1, 0.15) is 10.9 Å². The van der Waals surface area contributed by atoms with Gasteiger partial charge in [-0.25, -0.2) is 17.7 Å². The number of nitrogens with zero attached hydrogens (tertiary/aromatic N) is 3. The number of rotatable bonds is 5. The van der Waals surface area contributed by atoms with E-state index in [0.717, 1.165) is 16.6 Å². The lowest BCUT2D eigenvalue weighted by Crippen LogP contribution is -2.60. The summed E-state index contributed by atoms with van der Waals surface area (Å²) in [5.41, 5.74) is 0.0629. The van der Waals surface area contributed by atoms with E-state index in [1.807, 2.05) is 18.3 Å². The van der Waals surface area contributed by atoms with E-state index in [1.54, 1.807) is 6.20 Å². The molecule has 32 heavy (non-hydrogen) atoms. The number of halogens is 3. The fourth-order valence-electron chi connectivity index (χ4n) is 4.89. The average Bonchev–Trinajstić information content (AvgIpc) is 3.37. The van der Waals surface area contributed by atoms with Crippen LogP contribution in [0.5, 0.6) is 0 Å². The van der Waals surface area contributed by atoms with Crippen molar-refractivity contribution in [1.29, 1.82) is 0 Å². The Morgan fingerprint density at radius 1 is 1.22 bits per heavy atom. The molecule has 2 aromatic rings. The molecule has 1 N–H and O–H groups in total. The quantitative estimate of drug-likeness (QED) is 0.728. The zero-order valence-electron chi connectivity index (χ0n) is 17.4. The average molecular weight is 471 g/mol. The van der Waals surface area contributed by atoms with Gasteiger partial charge in [-0.15, -0.1) is 0 Å². The maximum atomic E-state index is 13.1. The van der Waals surface area contributed by atoms with Crippen molar-refractivity contribution in [1.82, 2.24) is 19.2 Å². The van der Waals surface area contributed by atoms with Gasteiger partial charge in [-0.1, -0.05) is 0 Å². The number of nitrogens with one attached hydrogen (secondary N) is 1. The predicted molar refractivity (Wildman–Crippen MR) is 111 cm³/mol. The molecule has 4 heterocycles. The first kappa shape index (κ1) is 21.7. The van der Waals surface area contributed by atoms with Gasteiger partial charge in [0.05, 0.1) is 5.41 Å². The number of alkyl halides is 3. The minimum absolute atomic E-state index is 0.0247. The van der Waals surface area contributed by atoms with Crippen molar-refractivity contribution in [3.05, 3.63) is 30.1 Å². The van der Waals surface area contributed by atoms with E-state index in [0.29, 0.717) is 25.9 Å². The van der Waals surface area contributed by atoms with E-state index in [1.165, 1.54) is 9.21 Å². The van der Waals surface area contributed by atoms with Crippen LogP contribution in [-0.2, 0) is 14.8 Å². The second-order valence-corrected chi connectivity index (χ2v) is 11.5. The Balaban J connectivity index is 1.16. The molecule has 11 heteroatoms. The van der Waals surface area contributed by atoms with Crippen LogP contribution < -0.4 is 0 Å². The standard InChI is InChI=1S/C21H25F3N4O3S/c22-21(23,24)20(5-6-20)10-18(29)27-12-15(13-27)32(30,31)28-8-3-14(4-9-28)17-11-26-19-16(17)2-1-7-25-19/h1-2,7,11,14-15H,3-6,8-10,12-13H2,(H,25,26). The molecule has 7 nitrogen and oxygen atoms in total. The summed E-state index contributed by atoms with van der Waals surface area (Å²) in [4.78, 5) is 21.0. The lowest BCUT2D eigenvalue weighted by atomic mass is 9.90. The Bertz CT molecular complexity index is 1130. The molecule has 174 valence electrons. The van der Waals surface area contributed by atoms with Gasteiger partial charge in [-0.2, -0.15) is 13.2 Å². The molecule has 1 saturated carbocycles. The maximum Gasteiger partial charge on any atom is 0.395 e. The van der Waals surface area contributed by atoms with Gasteiger partial charge < -0.3 is 9.88 Å². The van der Waals surface area contributed by atoms with Gasteiger partial charge in [0.25, 0.3) is 0 Å². The SMILES string of the molecule is O=C(CC1(C(F)(F)F)CC1)N1CC(S(=O)(=O)N2CCC(c3c[nH]c4ncccc34)CC2)C1. The van der Waals surface area contributed by atoms with Crippen LogP contribution in [0.1, 0.15) is 43.6 Å². The Labute approximate surface area is 184 Å².